The molecule has 0 unspecified atom stereocenters. The van der Waals surface area contributed by atoms with Gasteiger partial charge in [0.2, 0.25) is 15.9 Å². The highest BCUT2D eigenvalue weighted by Gasteiger charge is 2.18. The second-order valence-corrected chi connectivity index (χ2v) is 7.19. The fraction of sp³-hybridized carbons (Fsp3) is 0.500. The van der Waals surface area contributed by atoms with Gasteiger partial charge in [0.1, 0.15) is 0 Å². The Balaban J connectivity index is 2.52. The number of rotatable bonds is 7. The molecule has 0 aliphatic carbocycles. The Kier molecular flexibility index (Phi) is 6.01. The second-order valence-electron chi connectivity index (χ2n) is 5.07. The molecule has 0 atom stereocenters. The molecule has 0 aromatic heterocycles. The van der Waals surface area contributed by atoms with Crippen LogP contribution in [0, 0.1) is 5.92 Å². The summed E-state index contributed by atoms with van der Waals surface area (Å²) in [7, 11) is -1.90. The average Bonchev–Trinajstić information content (AvgIpc) is 2.37. The Morgan fingerprint density at radius 1 is 1.25 bits per heavy atom. The number of carbonyl (C=O) groups excluding carboxylic acids is 1. The lowest BCUT2D eigenvalue weighted by atomic mass is 10.1. The van der Waals surface area contributed by atoms with Crippen LogP contribution in [-0.4, -0.2) is 33.7 Å². The third-order valence-electron chi connectivity index (χ3n) is 2.81. The number of anilines is 1. The molecule has 0 saturated carbocycles. The molecule has 1 aromatic rings. The molecule has 1 rings (SSSR count). The van der Waals surface area contributed by atoms with Crippen molar-refractivity contribution in [2.24, 2.45) is 5.92 Å². The monoisotopic (exact) mass is 298 g/mol. The first-order valence-corrected chi connectivity index (χ1v) is 8.22. The molecule has 6 heteroatoms. The van der Waals surface area contributed by atoms with E-state index >= 15 is 0 Å². The molecule has 1 amide bonds. The smallest absolute Gasteiger partial charge is 0.236 e. The molecule has 0 aliphatic heterocycles. The van der Waals surface area contributed by atoms with Crippen LogP contribution in [0.2, 0.25) is 0 Å². The zero-order chi connectivity index (χ0) is 15.2. The van der Waals surface area contributed by atoms with Gasteiger partial charge in [0, 0.05) is 20.0 Å². The van der Waals surface area contributed by atoms with E-state index in [0.29, 0.717) is 12.1 Å². The highest BCUT2D eigenvalue weighted by molar-refractivity contribution is 7.92. The first-order chi connectivity index (χ1) is 9.33. The maximum Gasteiger partial charge on any atom is 0.236 e. The summed E-state index contributed by atoms with van der Waals surface area (Å²) in [6, 6.07) is 8.86. The summed E-state index contributed by atoms with van der Waals surface area (Å²) in [4.78, 5) is 11.5. The fourth-order valence-electron chi connectivity index (χ4n) is 1.70. The highest BCUT2D eigenvalue weighted by atomic mass is 32.2. The maximum atomic E-state index is 12.1. The van der Waals surface area contributed by atoms with Crippen molar-refractivity contribution in [1.29, 1.82) is 0 Å². The van der Waals surface area contributed by atoms with E-state index in [1.165, 1.54) is 11.4 Å². The number of sulfonamides is 1. The van der Waals surface area contributed by atoms with Crippen LogP contribution < -0.4 is 9.62 Å². The molecule has 1 N–H and O–H groups in total. The molecule has 0 fully saturated rings. The first kappa shape index (κ1) is 16.5. The van der Waals surface area contributed by atoms with Crippen molar-refractivity contribution in [2.75, 3.05) is 23.7 Å². The van der Waals surface area contributed by atoms with Crippen LogP contribution in [0.1, 0.15) is 20.3 Å². The third kappa shape index (κ3) is 5.21. The minimum atomic E-state index is -3.42. The summed E-state index contributed by atoms with van der Waals surface area (Å²) < 4.78 is 25.5. The first-order valence-electron chi connectivity index (χ1n) is 6.61. The quantitative estimate of drug-likeness (QED) is 0.831. The number of nitrogens with zero attached hydrogens (tertiary/aromatic N) is 1. The number of nitrogens with one attached hydrogen (secondary N) is 1. The van der Waals surface area contributed by atoms with E-state index in [-0.39, 0.29) is 24.1 Å². The van der Waals surface area contributed by atoms with Gasteiger partial charge in [-0.1, -0.05) is 32.0 Å². The van der Waals surface area contributed by atoms with E-state index in [1.54, 1.807) is 24.3 Å². The Morgan fingerprint density at radius 2 is 1.85 bits per heavy atom. The van der Waals surface area contributed by atoms with Gasteiger partial charge in [-0.05, 0) is 18.1 Å². The van der Waals surface area contributed by atoms with Gasteiger partial charge in [-0.2, -0.15) is 0 Å². The van der Waals surface area contributed by atoms with Crippen LogP contribution in [0.25, 0.3) is 0 Å². The van der Waals surface area contributed by atoms with Gasteiger partial charge in [0.05, 0.1) is 11.4 Å². The number of carbonyl (C=O) groups is 1. The molecule has 0 bridgehead atoms. The van der Waals surface area contributed by atoms with E-state index in [9.17, 15) is 13.2 Å². The van der Waals surface area contributed by atoms with Gasteiger partial charge < -0.3 is 5.32 Å². The van der Waals surface area contributed by atoms with Crippen molar-refractivity contribution in [3.63, 3.8) is 0 Å². The lowest BCUT2D eigenvalue weighted by molar-refractivity contribution is -0.121. The minimum Gasteiger partial charge on any atom is -0.355 e. The summed E-state index contributed by atoms with van der Waals surface area (Å²) in [5, 5.41) is 2.63. The average molecular weight is 298 g/mol. The Bertz CT molecular complexity index is 527. The predicted octanol–water partition coefficient (Wildman–Crippen LogP) is 1.61. The molecular weight excluding hydrogens is 276 g/mol. The van der Waals surface area contributed by atoms with Gasteiger partial charge >= 0.3 is 0 Å². The second kappa shape index (κ2) is 7.28. The molecule has 5 nitrogen and oxygen atoms in total. The van der Waals surface area contributed by atoms with E-state index < -0.39 is 10.0 Å². The Hall–Kier alpha value is -1.56. The standard InChI is InChI=1S/C14H22N2O3S/c1-12(2)11-14(17)15-9-10-20(18,19)16(3)13-7-5-4-6-8-13/h4-8,12H,9-11H2,1-3H3,(H,15,17). The number of hydrogen-bond acceptors (Lipinski definition) is 3. The molecule has 112 valence electrons. The topological polar surface area (TPSA) is 66.5 Å². The van der Waals surface area contributed by atoms with Crippen molar-refractivity contribution >= 4 is 21.6 Å². The minimum absolute atomic E-state index is 0.109. The molecule has 0 spiro atoms. The van der Waals surface area contributed by atoms with Crippen LogP contribution in [0.5, 0.6) is 0 Å². The van der Waals surface area contributed by atoms with Crippen molar-refractivity contribution in [2.45, 2.75) is 20.3 Å². The van der Waals surface area contributed by atoms with Crippen LogP contribution in [0.3, 0.4) is 0 Å². The van der Waals surface area contributed by atoms with Gasteiger partial charge in [-0.3, -0.25) is 9.10 Å². The zero-order valence-electron chi connectivity index (χ0n) is 12.2. The predicted molar refractivity (Wildman–Crippen MR) is 81.1 cm³/mol. The van der Waals surface area contributed by atoms with Crippen molar-refractivity contribution in [3.05, 3.63) is 30.3 Å². The molecule has 1 aromatic carbocycles. The van der Waals surface area contributed by atoms with Gasteiger partial charge in [-0.25, -0.2) is 8.42 Å². The Morgan fingerprint density at radius 3 is 2.40 bits per heavy atom. The van der Waals surface area contributed by atoms with Crippen molar-refractivity contribution in [1.82, 2.24) is 5.32 Å². The van der Waals surface area contributed by atoms with E-state index in [1.807, 2.05) is 19.9 Å². The summed E-state index contributed by atoms with van der Waals surface area (Å²) in [5.74, 6) is 0.0403. The summed E-state index contributed by atoms with van der Waals surface area (Å²) >= 11 is 0. The summed E-state index contributed by atoms with van der Waals surface area (Å²) in [6.45, 7) is 4.02. The molecule has 20 heavy (non-hydrogen) atoms. The van der Waals surface area contributed by atoms with Gasteiger partial charge in [0.15, 0.2) is 0 Å². The number of benzene rings is 1. The van der Waals surface area contributed by atoms with Gasteiger partial charge in [0.25, 0.3) is 0 Å². The van der Waals surface area contributed by atoms with Crippen LogP contribution in [-0.2, 0) is 14.8 Å². The van der Waals surface area contributed by atoms with E-state index in [4.69, 9.17) is 0 Å². The summed E-state index contributed by atoms with van der Waals surface area (Å²) in [5.41, 5.74) is 0.612. The molecule has 0 saturated heterocycles. The van der Waals surface area contributed by atoms with Gasteiger partial charge in [-0.15, -0.1) is 0 Å². The molecular formula is C14H22N2O3S. The molecule has 0 heterocycles. The largest absolute Gasteiger partial charge is 0.355 e. The SMILES string of the molecule is CC(C)CC(=O)NCCS(=O)(=O)N(C)c1ccccc1. The number of amides is 1. The highest BCUT2D eigenvalue weighted by Crippen LogP contribution is 2.14. The molecule has 0 radical (unpaired) electrons. The van der Waals surface area contributed by atoms with Crippen molar-refractivity contribution in [3.8, 4) is 0 Å². The lowest BCUT2D eigenvalue weighted by Gasteiger charge is -2.19. The normalized spacial score (nSPS) is 11.4. The maximum absolute atomic E-state index is 12.1. The van der Waals surface area contributed by atoms with Crippen LogP contribution in [0.4, 0.5) is 5.69 Å². The third-order valence-corrected chi connectivity index (χ3v) is 4.58. The van der Waals surface area contributed by atoms with Crippen LogP contribution in [0.15, 0.2) is 30.3 Å². The Labute approximate surface area is 121 Å². The van der Waals surface area contributed by atoms with E-state index in [2.05, 4.69) is 5.32 Å². The zero-order valence-corrected chi connectivity index (χ0v) is 13.0. The number of para-hydroxylation sites is 1. The van der Waals surface area contributed by atoms with Crippen LogP contribution >= 0.6 is 0 Å². The van der Waals surface area contributed by atoms with E-state index in [0.717, 1.165) is 0 Å². The lowest BCUT2D eigenvalue weighted by Crippen LogP contribution is -2.35. The van der Waals surface area contributed by atoms with Crippen molar-refractivity contribution < 1.29 is 13.2 Å². The molecule has 0 aliphatic rings. The summed E-state index contributed by atoms with van der Waals surface area (Å²) in [6.07, 6.45) is 0.411. The fourth-order valence-corrected chi connectivity index (χ4v) is 2.77. The number of hydrogen-bond donors (Lipinski definition) is 1.